The smallest absolute Gasteiger partial charge is 0.307 e. The largest absolute Gasteiger partial charge is 0.481 e. The fourth-order valence-corrected chi connectivity index (χ4v) is 2.30. The van der Waals surface area contributed by atoms with Crippen LogP contribution in [0.5, 0.6) is 0 Å². The highest BCUT2D eigenvalue weighted by Crippen LogP contribution is 2.39. The Morgan fingerprint density at radius 3 is 2.68 bits per heavy atom. The van der Waals surface area contributed by atoms with Crippen LogP contribution in [0.25, 0.3) is 0 Å². The summed E-state index contributed by atoms with van der Waals surface area (Å²) in [5.74, 6) is -1.67. The number of carboxylic acid groups (broad SMARTS) is 1. The van der Waals surface area contributed by atoms with E-state index in [4.69, 9.17) is 5.11 Å². The first-order chi connectivity index (χ1) is 8.99. The summed E-state index contributed by atoms with van der Waals surface area (Å²) in [5, 5.41) is 8.82. The van der Waals surface area contributed by atoms with Gasteiger partial charge in [0.1, 0.15) is 0 Å². The second-order valence-electron chi connectivity index (χ2n) is 5.29. The molecule has 19 heavy (non-hydrogen) atoms. The zero-order valence-electron chi connectivity index (χ0n) is 11.3. The van der Waals surface area contributed by atoms with Crippen LogP contribution in [-0.2, 0) is 16.0 Å². The number of aliphatic carboxylic acids is 1. The first-order valence-corrected chi connectivity index (χ1v) is 6.52. The van der Waals surface area contributed by atoms with Gasteiger partial charge in [-0.25, -0.2) is 0 Å². The normalized spacial score (nSPS) is 20.9. The van der Waals surface area contributed by atoms with Gasteiger partial charge in [0.15, 0.2) is 0 Å². The summed E-state index contributed by atoms with van der Waals surface area (Å²) in [6, 6.07) is 8.20. The lowest BCUT2D eigenvalue weighted by Gasteiger charge is -2.17. The lowest BCUT2D eigenvalue weighted by atomic mass is 10.1. The number of aryl methyl sites for hydroxylation is 1. The first-order valence-electron chi connectivity index (χ1n) is 6.52. The van der Waals surface area contributed by atoms with E-state index in [0.717, 1.165) is 6.42 Å². The topological polar surface area (TPSA) is 57.6 Å². The molecule has 4 heteroatoms. The first kappa shape index (κ1) is 13.6. The third-order valence-electron chi connectivity index (χ3n) is 3.62. The maximum Gasteiger partial charge on any atom is 0.307 e. The minimum Gasteiger partial charge on any atom is -0.481 e. The van der Waals surface area contributed by atoms with E-state index < -0.39 is 11.9 Å². The van der Waals surface area contributed by atoms with E-state index >= 15 is 0 Å². The molecule has 0 aliphatic heterocycles. The van der Waals surface area contributed by atoms with Crippen LogP contribution in [0.1, 0.15) is 17.5 Å². The Morgan fingerprint density at radius 1 is 1.37 bits per heavy atom. The highest BCUT2D eigenvalue weighted by molar-refractivity contribution is 5.89. The lowest BCUT2D eigenvalue weighted by molar-refractivity contribution is -0.141. The number of rotatable bonds is 5. The highest BCUT2D eigenvalue weighted by Gasteiger charge is 2.49. The van der Waals surface area contributed by atoms with Crippen molar-refractivity contribution >= 4 is 11.9 Å². The van der Waals surface area contributed by atoms with Gasteiger partial charge in [0.05, 0.1) is 11.8 Å². The van der Waals surface area contributed by atoms with Crippen LogP contribution in [-0.4, -0.2) is 35.5 Å². The van der Waals surface area contributed by atoms with Gasteiger partial charge in [-0.3, -0.25) is 9.59 Å². The van der Waals surface area contributed by atoms with Crippen molar-refractivity contribution in [3.05, 3.63) is 35.4 Å². The predicted octanol–water partition coefficient (Wildman–Crippen LogP) is 1.72. The SMILES string of the molecule is Cc1cccc(CCN(C)C(=O)C2CC2C(=O)O)c1. The summed E-state index contributed by atoms with van der Waals surface area (Å²) < 4.78 is 0. The fourth-order valence-electron chi connectivity index (χ4n) is 2.30. The molecule has 1 aliphatic rings. The van der Waals surface area contributed by atoms with Crippen molar-refractivity contribution in [2.45, 2.75) is 19.8 Å². The zero-order chi connectivity index (χ0) is 14.0. The van der Waals surface area contributed by atoms with Gasteiger partial charge < -0.3 is 10.0 Å². The van der Waals surface area contributed by atoms with E-state index in [-0.39, 0.29) is 11.8 Å². The Bertz CT molecular complexity index is 498. The van der Waals surface area contributed by atoms with Crippen LogP contribution >= 0.6 is 0 Å². The number of hydrogen-bond donors (Lipinski definition) is 1. The molecule has 0 spiro atoms. The van der Waals surface area contributed by atoms with E-state index in [9.17, 15) is 9.59 Å². The number of hydrogen-bond acceptors (Lipinski definition) is 2. The van der Waals surface area contributed by atoms with Crippen LogP contribution in [0.4, 0.5) is 0 Å². The molecule has 0 aromatic heterocycles. The van der Waals surface area contributed by atoms with Gasteiger partial charge in [-0.2, -0.15) is 0 Å². The molecule has 1 fully saturated rings. The van der Waals surface area contributed by atoms with Crippen molar-refractivity contribution < 1.29 is 14.7 Å². The monoisotopic (exact) mass is 261 g/mol. The standard InChI is InChI=1S/C15H19NO3/c1-10-4-3-5-11(8-10)6-7-16(2)14(17)12-9-13(12)15(18)19/h3-5,8,12-13H,6-7,9H2,1-2H3,(H,18,19). The molecule has 2 atom stereocenters. The number of carboxylic acids is 1. The molecule has 1 saturated carbocycles. The Balaban J connectivity index is 1.83. The number of amides is 1. The van der Waals surface area contributed by atoms with Crippen molar-refractivity contribution in [2.75, 3.05) is 13.6 Å². The number of carbonyl (C=O) groups excluding carboxylic acids is 1. The molecule has 1 amide bonds. The van der Waals surface area contributed by atoms with Gasteiger partial charge in [-0.05, 0) is 25.3 Å². The minimum absolute atomic E-state index is 0.0416. The third kappa shape index (κ3) is 3.34. The van der Waals surface area contributed by atoms with E-state index in [1.54, 1.807) is 11.9 Å². The Morgan fingerprint density at radius 2 is 2.11 bits per heavy atom. The summed E-state index contributed by atoms with van der Waals surface area (Å²) in [4.78, 5) is 24.4. The fraction of sp³-hybridized carbons (Fsp3) is 0.467. The summed E-state index contributed by atoms with van der Waals surface area (Å²) in [6.07, 6.45) is 1.29. The van der Waals surface area contributed by atoms with Gasteiger partial charge in [0.2, 0.25) is 5.91 Å². The van der Waals surface area contributed by atoms with Crippen molar-refractivity contribution in [3.63, 3.8) is 0 Å². The molecule has 2 rings (SSSR count). The van der Waals surface area contributed by atoms with Gasteiger partial charge in [-0.15, -0.1) is 0 Å². The van der Waals surface area contributed by atoms with Crippen LogP contribution in [0.2, 0.25) is 0 Å². The maximum atomic E-state index is 12.0. The van der Waals surface area contributed by atoms with Gasteiger partial charge in [-0.1, -0.05) is 29.8 Å². The molecule has 0 bridgehead atoms. The Labute approximate surface area is 113 Å². The number of benzene rings is 1. The van der Waals surface area contributed by atoms with Crippen LogP contribution in [0.15, 0.2) is 24.3 Å². The Hall–Kier alpha value is -1.84. The second kappa shape index (κ2) is 5.43. The quantitative estimate of drug-likeness (QED) is 0.878. The van der Waals surface area contributed by atoms with Gasteiger partial charge in [0.25, 0.3) is 0 Å². The summed E-state index contributed by atoms with van der Waals surface area (Å²) in [7, 11) is 1.75. The van der Waals surface area contributed by atoms with Crippen LogP contribution in [0.3, 0.4) is 0 Å². The molecule has 1 N–H and O–H groups in total. The molecule has 1 aromatic rings. The molecule has 2 unspecified atom stereocenters. The number of likely N-dealkylation sites (N-methyl/N-ethyl adjacent to an activating group) is 1. The summed E-state index contributed by atoms with van der Waals surface area (Å²) in [5.41, 5.74) is 2.41. The molecular formula is C15H19NO3. The van der Waals surface area contributed by atoms with E-state index in [1.807, 2.05) is 25.1 Å². The Kier molecular flexibility index (Phi) is 3.88. The molecule has 0 radical (unpaired) electrons. The molecule has 1 aromatic carbocycles. The maximum absolute atomic E-state index is 12.0. The summed E-state index contributed by atoms with van der Waals surface area (Å²) in [6.45, 7) is 2.67. The molecule has 0 saturated heterocycles. The average Bonchev–Trinajstić information content (AvgIpc) is 3.15. The second-order valence-corrected chi connectivity index (χ2v) is 5.29. The van der Waals surface area contributed by atoms with Gasteiger partial charge >= 0.3 is 5.97 Å². The number of nitrogens with zero attached hydrogens (tertiary/aromatic N) is 1. The highest BCUT2D eigenvalue weighted by atomic mass is 16.4. The predicted molar refractivity (Wildman–Crippen MR) is 71.8 cm³/mol. The molecule has 0 heterocycles. The summed E-state index contributed by atoms with van der Waals surface area (Å²) >= 11 is 0. The van der Waals surface area contributed by atoms with Crippen molar-refractivity contribution in [3.8, 4) is 0 Å². The molecule has 102 valence electrons. The van der Waals surface area contributed by atoms with Crippen LogP contribution in [0, 0.1) is 18.8 Å². The minimum atomic E-state index is -0.856. The van der Waals surface area contributed by atoms with Gasteiger partial charge in [0, 0.05) is 13.6 Å². The van der Waals surface area contributed by atoms with E-state index in [1.165, 1.54) is 11.1 Å². The molecule has 4 nitrogen and oxygen atoms in total. The van der Waals surface area contributed by atoms with Crippen LogP contribution < -0.4 is 0 Å². The van der Waals surface area contributed by atoms with E-state index in [0.29, 0.717) is 13.0 Å². The molecule has 1 aliphatic carbocycles. The zero-order valence-corrected chi connectivity index (χ0v) is 11.3. The van der Waals surface area contributed by atoms with Crippen molar-refractivity contribution in [1.29, 1.82) is 0 Å². The third-order valence-corrected chi connectivity index (χ3v) is 3.62. The van der Waals surface area contributed by atoms with Crippen molar-refractivity contribution in [2.24, 2.45) is 11.8 Å². The average molecular weight is 261 g/mol. The van der Waals surface area contributed by atoms with E-state index in [2.05, 4.69) is 6.07 Å². The lowest BCUT2D eigenvalue weighted by Crippen LogP contribution is -2.31. The number of carbonyl (C=O) groups is 2. The molecular weight excluding hydrogens is 242 g/mol. The van der Waals surface area contributed by atoms with Crippen molar-refractivity contribution in [1.82, 2.24) is 4.90 Å².